The summed E-state index contributed by atoms with van der Waals surface area (Å²) in [5, 5.41) is 17.8. The molecule has 0 aromatic heterocycles. The van der Waals surface area contributed by atoms with Crippen LogP contribution in [0.4, 0.5) is 0 Å². The van der Waals surface area contributed by atoms with Gasteiger partial charge >= 0.3 is 0 Å². The minimum Gasteiger partial charge on any atom is -0.508 e. The summed E-state index contributed by atoms with van der Waals surface area (Å²) in [4.78, 5) is 0. The van der Waals surface area contributed by atoms with Gasteiger partial charge in [0, 0.05) is 6.61 Å². The molecular formula is C26H48O2. The van der Waals surface area contributed by atoms with E-state index in [4.69, 9.17) is 5.11 Å². The molecule has 164 valence electrons. The summed E-state index contributed by atoms with van der Waals surface area (Å²) >= 11 is 0. The molecule has 1 aliphatic carbocycles. The minimum absolute atomic E-state index is 0.361. The number of rotatable bonds is 11. The Morgan fingerprint density at radius 3 is 1.61 bits per heavy atom. The Balaban J connectivity index is 0.000000462. The Morgan fingerprint density at radius 2 is 1.11 bits per heavy atom. The van der Waals surface area contributed by atoms with Crippen LogP contribution in [-0.4, -0.2) is 16.8 Å². The number of aliphatic hydroxyl groups is 1. The van der Waals surface area contributed by atoms with E-state index < -0.39 is 0 Å². The van der Waals surface area contributed by atoms with Crippen molar-refractivity contribution in [3.8, 4) is 5.75 Å². The Labute approximate surface area is 175 Å². The maximum absolute atomic E-state index is 9.55. The number of aryl methyl sites for hydroxylation is 1. The van der Waals surface area contributed by atoms with E-state index in [9.17, 15) is 5.11 Å². The summed E-state index contributed by atoms with van der Waals surface area (Å²) in [6, 6.07) is 7.65. The number of hydrogen-bond acceptors (Lipinski definition) is 2. The third-order valence-corrected chi connectivity index (χ3v) is 5.30. The quantitative estimate of drug-likeness (QED) is 0.372. The molecule has 0 heterocycles. The van der Waals surface area contributed by atoms with E-state index in [2.05, 4.69) is 13.8 Å². The van der Waals surface area contributed by atoms with E-state index in [0.29, 0.717) is 12.4 Å². The number of para-hydroxylation sites is 1. The van der Waals surface area contributed by atoms with Gasteiger partial charge in [0.15, 0.2) is 0 Å². The molecule has 0 bridgehead atoms. The molecule has 2 nitrogen and oxygen atoms in total. The molecule has 1 saturated carbocycles. The van der Waals surface area contributed by atoms with Crippen LogP contribution in [0.15, 0.2) is 24.3 Å². The Morgan fingerprint density at radius 1 is 0.643 bits per heavy atom. The fourth-order valence-corrected chi connectivity index (χ4v) is 3.42. The van der Waals surface area contributed by atoms with Crippen molar-refractivity contribution in [1.29, 1.82) is 0 Å². The Bertz CT molecular complexity index is 397. The lowest BCUT2D eigenvalue weighted by Gasteiger charge is -2.05. The summed E-state index contributed by atoms with van der Waals surface area (Å²) in [6.07, 6.45) is 22.5. The zero-order valence-corrected chi connectivity index (χ0v) is 18.9. The van der Waals surface area contributed by atoms with E-state index in [0.717, 1.165) is 18.4 Å². The molecule has 0 aliphatic heterocycles. The van der Waals surface area contributed by atoms with Crippen LogP contribution in [-0.2, 0) is 6.42 Å². The first-order valence-corrected chi connectivity index (χ1v) is 12.1. The molecule has 2 N–H and O–H groups in total. The molecule has 0 atom stereocenters. The summed E-state index contributed by atoms with van der Waals surface area (Å²) in [5.41, 5.74) is 1.09. The number of phenolic OH excluding ortho intramolecular Hbond substituents is 1. The van der Waals surface area contributed by atoms with Crippen LogP contribution in [0, 0.1) is 0 Å². The minimum atomic E-state index is 0.361. The fraction of sp³-hybridized carbons (Fsp3) is 0.769. The predicted octanol–water partition coefficient (Wildman–Crippen LogP) is 8.19. The second kappa shape index (κ2) is 22.3. The van der Waals surface area contributed by atoms with Gasteiger partial charge in [-0.05, 0) is 30.9 Å². The van der Waals surface area contributed by atoms with Crippen LogP contribution in [0.3, 0.4) is 0 Å². The Kier molecular flexibility index (Phi) is 21.5. The highest BCUT2D eigenvalue weighted by Crippen LogP contribution is 2.18. The fourth-order valence-electron chi connectivity index (χ4n) is 3.42. The van der Waals surface area contributed by atoms with Gasteiger partial charge in [-0.2, -0.15) is 0 Å². The molecule has 2 rings (SSSR count). The van der Waals surface area contributed by atoms with E-state index >= 15 is 0 Å². The number of unbranched alkanes of at least 4 members (excludes halogenated alkanes) is 8. The van der Waals surface area contributed by atoms with Gasteiger partial charge < -0.3 is 10.2 Å². The average molecular weight is 393 g/mol. The zero-order chi connectivity index (χ0) is 20.7. The van der Waals surface area contributed by atoms with Crippen LogP contribution in [0.25, 0.3) is 0 Å². The number of aliphatic hydroxyl groups excluding tert-OH is 1. The van der Waals surface area contributed by atoms with Crippen molar-refractivity contribution in [2.75, 3.05) is 6.61 Å². The largest absolute Gasteiger partial charge is 0.508 e. The average Bonchev–Trinajstić information content (AvgIpc) is 2.74. The summed E-state index contributed by atoms with van der Waals surface area (Å²) in [5.74, 6) is 0.450. The highest BCUT2D eigenvalue weighted by molar-refractivity contribution is 5.31. The molecular weight excluding hydrogens is 344 g/mol. The lowest BCUT2D eigenvalue weighted by molar-refractivity contribution is 0.283. The van der Waals surface area contributed by atoms with Crippen molar-refractivity contribution in [2.45, 2.75) is 123 Å². The molecule has 0 spiro atoms. The van der Waals surface area contributed by atoms with Gasteiger partial charge in [-0.3, -0.25) is 0 Å². The second-order valence-corrected chi connectivity index (χ2v) is 8.05. The van der Waals surface area contributed by atoms with Crippen LogP contribution in [0.5, 0.6) is 5.75 Å². The summed E-state index contributed by atoms with van der Waals surface area (Å²) < 4.78 is 0. The molecule has 1 aromatic carbocycles. The van der Waals surface area contributed by atoms with Gasteiger partial charge in [0.25, 0.3) is 0 Å². The summed E-state index contributed by atoms with van der Waals surface area (Å²) in [6.45, 7) is 4.76. The van der Waals surface area contributed by atoms with Crippen LogP contribution < -0.4 is 0 Å². The molecule has 0 saturated heterocycles. The van der Waals surface area contributed by atoms with Gasteiger partial charge in [0.1, 0.15) is 5.75 Å². The number of benzene rings is 1. The van der Waals surface area contributed by atoms with Crippen LogP contribution in [0.2, 0.25) is 0 Å². The molecule has 2 heteroatoms. The van der Waals surface area contributed by atoms with Gasteiger partial charge in [-0.15, -0.1) is 0 Å². The van der Waals surface area contributed by atoms with Gasteiger partial charge in [0.05, 0.1) is 0 Å². The normalized spacial score (nSPS) is 13.1. The van der Waals surface area contributed by atoms with E-state index in [-0.39, 0.29) is 0 Å². The highest BCUT2D eigenvalue weighted by atomic mass is 16.3. The number of phenols is 1. The van der Waals surface area contributed by atoms with Crippen molar-refractivity contribution < 1.29 is 10.2 Å². The molecule has 1 aliphatic rings. The van der Waals surface area contributed by atoms with E-state index in [1.165, 1.54) is 96.3 Å². The third kappa shape index (κ3) is 18.3. The lowest BCUT2D eigenvalue weighted by atomic mass is 10.0. The van der Waals surface area contributed by atoms with E-state index in [1.807, 2.05) is 18.2 Å². The third-order valence-electron chi connectivity index (χ3n) is 5.30. The molecule has 0 amide bonds. The molecule has 28 heavy (non-hydrogen) atoms. The van der Waals surface area contributed by atoms with Gasteiger partial charge in [0.2, 0.25) is 0 Å². The topological polar surface area (TPSA) is 40.5 Å². The highest BCUT2D eigenvalue weighted by Gasteiger charge is 1.98. The van der Waals surface area contributed by atoms with Crippen molar-refractivity contribution >= 4 is 0 Å². The van der Waals surface area contributed by atoms with Crippen molar-refractivity contribution in [2.24, 2.45) is 0 Å². The maximum atomic E-state index is 9.55. The van der Waals surface area contributed by atoms with Crippen molar-refractivity contribution in [1.82, 2.24) is 0 Å². The summed E-state index contributed by atoms with van der Waals surface area (Å²) in [7, 11) is 0. The maximum Gasteiger partial charge on any atom is 0.118 e. The molecule has 1 aromatic rings. The van der Waals surface area contributed by atoms with Crippen LogP contribution in [0.1, 0.15) is 122 Å². The standard InChI is InChI=1S/C14H22O.C6H14O.C6H12/c1-2-3-4-5-6-7-10-13-11-8-9-12-14(13)15;1-2-3-4-5-6-7;1-2-4-6-5-3-1/h8-9,11-12,15H,2-7,10H2,1H3;7H,2-6H2,1H3;1-6H2. The van der Waals surface area contributed by atoms with Crippen molar-refractivity contribution in [3.05, 3.63) is 29.8 Å². The van der Waals surface area contributed by atoms with E-state index in [1.54, 1.807) is 6.07 Å². The monoisotopic (exact) mass is 392 g/mol. The predicted molar refractivity (Wildman–Crippen MR) is 124 cm³/mol. The first kappa shape index (κ1) is 27.0. The van der Waals surface area contributed by atoms with Crippen LogP contribution >= 0.6 is 0 Å². The first-order chi connectivity index (χ1) is 13.8. The smallest absolute Gasteiger partial charge is 0.118 e. The number of hydrogen-bond donors (Lipinski definition) is 2. The molecule has 0 radical (unpaired) electrons. The second-order valence-electron chi connectivity index (χ2n) is 8.05. The first-order valence-electron chi connectivity index (χ1n) is 12.1. The molecule has 1 fully saturated rings. The van der Waals surface area contributed by atoms with Gasteiger partial charge in [-0.1, -0.05) is 122 Å². The zero-order valence-electron chi connectivity index (χ0n) is 18.9. The molecule has 0 unspecified atom stereocenters. The lowest BCUT2D eigenvalue weighted by Crippen LogP contribution is -1.86. The van der Waals surface area contributed by atoms with Crippen molar-refractivity contribution in [3.63, 3.8) is 0 Å². The van der Waals surface area contributed by atoms with Gasteiger partial charge in [-0.25, -0.2) is 0 Å². The Hall–Kier alpha value is -1.02. The SMILES string of the molecule is C1CCCCC1.CCCCCCCCc1ccccc1O.CCCCCCO. The number of aromatic hydroxyl groups is 1.